The van der Waals surface area contributed by atoms with E-state index in [1.807, 2.05) is 44.2 Å². The highest BCUT2D eigenvalue weighted by Crippen LogP contribution is 2.31. The lowest BCUT2D eigenvalue weighted by Gasteiger charge is -2.12. The molecule has 0 aliphatic heterocycles. The van der Waals surface area contributed by atoms with Gasteiger partial charge in [0, 0.05) is 11.3 Å². The Morgan fingerprint density at radius 3 is 2.57 bits per heavy atom. The van der Waals surface area contributed by atoms with E-state index in [9.17, 15) is 18.0 Å². The molecule has 7 heteroatoms. The molecule has 30 heavy (non-hydrogen) atoms. The Balaban J connectivity index is 1.64. The van der Waals surface area contributed by atoms with Crippen LogP contribution in [0.3, 0.4) is 0 Å². The van der Waals surface area contributed by atoms with E-state index >= 15 is 0 Å². The Morgan fingerprint density at radius 2 is 1.80 bits per heavy atom. The molecule has 1 aromatic heterocycles. The molecule has 0 aliphatic rings. The number of hydrogen-bond donors (Lipinski definition) is 2. The number of H-pyrrole nitrogens is 1. The van der Waals surface area contributed by atoms with Crippen molar-refractivity contribution in [3.8, 4) is 11.1 Å². The number of carbonyl (C=O) groups is 1. The third kappa shape index (κ3) is 3.91. The summed E-state index contributed by atoms with van der Waals surface area (Å²) in [6, 6.07) is 15.6. The van der Waals surface area contributed by atoms with Crippen LogP contribution in [-0.4, -0.2) is 15.9 Å². The van der Waals surface area contributed by atoms with E-state index in [4.69, 9.17) is 0 Å². The fraction of sp³-hybridized carbons (Fsp3) is 0.130. The van der Waals surface area contributed by atoms with E-state index in [-0.39, 0.29) is 5.56 Å². The maximum atomic E-state index is 12.9. The molecule has 0 unspecified atom stereocenters. The van der Waals surface area contributed by atoms with Gasteiger partial charge in [-0.2, -0.15) is 13.2 Å². The number of nitrogens with one attached hydrogen (secondary N) is 2. The van der Waals surface area contributed by atoms with E-state index < -0.39 is 17.6 Å². The van der Waals surface area contributed by atoms with Crippen LogP contribution in [-0.2, 0) is 6.18 Å². The van der Waals surface area contributed by atoms with E-state index in [2.05, 4.69) is 15.3 Å². The van der Waals surface area contributed by atoms with Gasteiger partial charge in [-0.1, -0.05) is 18.2 Å². The molecule has 1 amide bonds. The van der Waals surface area contributed by atoms with Gasteiger partial charge in [0.25, 0.3) is 5.91 Å². The van der Waals surface area contributed by atoms with Crippen LogP contribution in [0.25, 0.3) is 22.2 Å². The molecule has 1 heterocycles. The van der Waals surface area contributed by atoms with Gasteiger partial charge in [0.05, 0.1) is 16.6 Å². The number of aromatic nitrogens is 2. The summed E-state index contributed by atoms with van der Waals surface area (Å²) in [6.45, 7) is 3.84. The fourth-order valence-corrected chi connectivity index (χ4v) is 3.36. The molecule has 4 rings (SSSR count). The van der Waals surface area contributed by atoms with Crippen molar-refractivity contribution in [1.82, 2.24) is 9.97 Å². The summed E-state index contributed by atoms with van der Waals surface area (Å²) >= 11 is 0. The van der Waals surface area contributed by atoms with Crippen LogP contribution in [0, 0.1) is 13.8 Å². The molecule has 0 spiro atoms. The molecule has 0 saturated heterocycles. The normalized spacial score (nSPS) is 11.6. The van der Waals surface area contributed by atoms with Crippen LogP contribution < -0.4 is 5.32 Å². The molecular weight excluding hydrogens is 391 g/mol. The smallest absolute Gasteiger partial charge is 0.342 e. The van der Waals surface area contributed by atoms with E-state index in [1.54, 1.807) is 6.07 Å². The molecule has 0 saturated carbocycles. The van der Waals surface area contributed by atoms with Crippen LogP contribution >= 0.6 is 0 Å². The lowest BCUT2D eigenvalue weighted by Crippen LogP contribution is -2.14. The predicted molar refractivity (Wildman–Crippen MR) is 110 cm³/mol. The van der Waals surface area contributed by atoms with Crippen molar-refractivity contribution in [1.29, 1.82) is 0 Å². The number of fused-ring (bicyclic) bond motifs is 1. The van der Waals surface area contributed by atoms with Crippen molar-refractivity contribution in [2.24, 2.45) is 0 Å². The van der Waals surface area contributed by atoms with Crippen molar-refractivity contribution in [2.45, 2.75) is 20.0 Å². The van der Waals surface area contributed by atoms with Crippen LogP contribution in [0.4, 0.5) is 18.9 Å². The topological polar surface area (TPSA) is 57.8 Å². The number of halogens is 3. The molecule has 0 radical (unpaired) electrons. The van der Waals surface area contributed by atoms with Gasteiger partial charge in [-0.05, 0) is 73.0 Å². The third-order valence-electron chi connectivity index (χ3n) is 4.86. The van der Waals surface area contributed by atoms with Crippen molar-refractivity contribution in [3.05, 3.63) is 83.2 Å². The SMILES string of the molecule is Cc1nc2ccc(-c3cc(NC(=O)c4cccc(C(F)(F)F)c4)ccc3C)cc2[nH]1. The lowest BCUT2D eigenvalue weighted by atomic mass is 9.99. The number of aromatic amines is 1. The number of rotatable bonds is 3. The zero-order chi connectivity index (χ0) is 21.5. The van der Waals surface area contributed by atoms with Crippen molar-refractivity contribution >= 4 is 22.6 Å². The van der Waals surface area contributed by atoms with Gasteiger partial charge in [-0.15, -0.1) is 0 Å². The number of aryl methyl sites for hydroxylation is 2. The molecule has 0 fully saturated rings. The minimum Gasteiger partial charge on any atom is -0.342 e. The second-order valence-electron chi connectivity index (χ2n) is 7.12. The number of nitrogens with zero attached hydrogens (tertiary/aromatic N) is 1. The number of alkyl halides is 3. The van der Waals surface area contributed by atoms with Gasteiger partial charge >= 0.3 is 6.18 Å². The highest BCUT2D eigenvalue weighted by Gasteiger charge is 2.30. The summed E-state index contributed by atoms with van der Waals surface area (Å²) in [6.07, 6.45) is -4.50. The number of anilines is 1. The summed E-state index contributed by atoms with van der Waals surface area (Å²) in [5.74, 6) is 0.219. The lowest BCUT2D eigenvalue weighted by molar-refractivity contribution is -0.137. The Kier molecular flexibility index (Phi) is 4.81. The summed E-state index contributed by atoms with van der Waals surface area (Å²) < 4.78 is 38.8. The van der Waals surface area contributed by atoms with Gasteiger partial charge in [0.2, 0.25) is 0 Å². The van der Waals surface area contributed by atoms with Gasteiger partial charge < -0.3 is 10.3 Å². The molecule has 0 atom stereocenters. The molecule has 3 aromatic carbocycles. The summed E-state index contributed by atoms with van der Waals surface area (Å²) in [7, 11) is 0. The number of carbonyl (C=O) groups excluding carboxylic acids is 1. The molecule has 0 aliphatic carbocycles. The third-order valence-corrected chi connectivity index (χ3v) is 4.86. The zero-order valence-corrected chi connectivity index (χ0v) is 16.3. The van der Waals surface area contributed by atoms with E-state index in [1.165, 1.54) is 12.1 Å². The van der Waals surface area contributed by atoms with E-state index in [0.29, 0.717) is 5.69 Å². The molecular formula is C23H18F3N3O. The Labute approximate surface area is 170 Å². The first-order valence-corrected chi connectivity index (χ1v) is 9.27. The van der Waals surface area contributed by atoms with Crippen molar-refractivity contribution in [3.63, 3.8) is 0 Å². The predicted octanol–water partition coefficient (Wildman–Crippen LogP) is 6.12. The van der Waals surface area contributed by atoms with Crippen molar-refractivity contribution in [2.75, 3.05) is 5.32 Å². The van der Waals surface area contributed by atoms with Crippen LogP contribution in [0.1, 0.15) is 27.3 Å². The van der Waals surface area contributed by atoms with Gasteiger partial charge in [0.15, 0.2) is 0 Å². The van der Waals surface area contributed by atoms with Crippen molar-refractivity contribution < 1.29 is 18.0 Å². The second-order valence-corrected chi connectivity index (χ2v) is 7.12. The average molecular weight is 409 g/mol. The average Bonchev–Trinajstić information content (AvgIpc) is 3.08. The maximum absolute atomic E-state index is 12.9. The molecule has 152 valence electrons. The summed E-state index contributed by atoms with van der Waals surface area (Å²) in [5.41, 5.74) is 4.21. The minimum atomic E-state index is -4.50. The number of imidazole rings is 1. The van der Waals surface area contributed by atoms with Crippen LogP contribution in [0.5, 0.6) is 0 Å². The van der Waals surface area contributed by atoms with Crippen LogP contribution in [0.15, 0.2) is 60.7 Å². The first-order chi connectivity index (χ1) is 14.2. The Hall–Kier alpha value is -3.61. The second kappa shape index (κ2) is 7.33. The molecule has 4 aromatic rings. The maximum Gasteiger partial charge on any atom is 0.416 e. The monoisotopic (exact) mass is 409 g/mol. The number of hydrogen-bond acceptors (Lipinski definition) is 2. The van der Waals surface area contributed by atoms with Gasteiger partial charge in [-0.3, -0.25) is 4.79 Å². The zero-order valence-electron chi connectivity index (χ0n) is 16.3. The Morgan fingerprint density at radius 1 is 1.00 bits per heavy atom. The molecule has 2 N–H and O–H groups in total. The summed E-state index contributed by atoms with van der Waals surface area (Å²) in [5, 5.41) is 2.69. The van der Waals surface area contributed by atoms with Gasteiger partial charge in [-0.25, -0.2) is 4.98 Å². The van der Waals surface area contributed by atoms with E-state index in [0.717, 1.165) is 45.7 Å². The fourth-order valence-electron chi connectivity index (χ4n) is 3.36. The minimum absolute atomic E-state index is 0.0543. The number of amides is 1. The first-order valence-electron chi connectivity index (χ1n) is 9.27. The highest BCUT2D eigenvalue weighted by molar-refractivity contribution is 6.04. The molecule has 4 nitrogen and oxygen atoms in total. The Bertz CT molecular complexity index is 1260. The molecule has 0 bridgehead atoms. The summed E-state index contributed by atoms with van der Waals surface area (Å²) in [4.78, 5) is 20.1. The number of benzene rings is 3. The quantitative estimate of drug-likeness (QED) is 0.428. The van der Waals surface area contributed by atoms with Crippen LogP contribution in [0.2, 0.25) is 0 Å². The standard InChI is InChI=1S/C23H18F3N3O/c1-13-6-8-18(29-22(30)16-4-3-5-17(10-16)23(24,25)26)12-19(13)15-7-9-20-21(11-15)28-14(2)27-20/h3-12H,1-2H3,(H,27,28)(H,29,30). The largest absolute Gasteiger partial charge is 0.416 e. The first kappa shape index (κ1) is 19.7. The highest BCUT2D eigenvalue weighted by atomic mass is 19.4. The van der Waals surface area contributed by atoms with Gasteiger partial charge in [0.1, 0.15) is 5.82 Å².